The fraction of sp³-hybridized carbons (Fsp3) is 0.636. The van der Waals surface area contributed by atoms with Gasteiger partial charge in [-0.25, -0.2) is 9.97 Å². The van der Waals surface area contributed by atoms with Gasteiger partial charge < -0.3 is 5.32 Å². The lowest BCUT2D eigenvalue weighted by atomic mass is 10.0. The zero-order valence-electron chi connectivity index (χ0n) is 9.55. The molecule has 0 aromatic carbocycles. The fourth-order valence-electron chi connectivity index (χ4n) is 1.45. The highest BCUT2D eigenvalue weighted by Crippen LogP contribution is 2.14. The minimum absolute atomic E-state index is 0.721. The van der Waals surface area contributed by atoms with Crippen LogP contribution in [0.15, 0.2) is 10.7 Å². The number of aromatic nitrogens is 2. The summed E-state index contributed by atoms with van der Waals surface area (Å²) in [5, 5.41) is 3.35. The predicted molar refractivity (Wildman–Crippen MR) is 67.0 cm³/mol. The summed E-state index contributed by atoms with van der Waals surface area (Å²) in [5.41, 5.74) is 0. The van der Waals surface area contributed by atoms with Crippen LogP contribution >= 0.6 is 15.9 Å². The molecule has 0 bridgehead atoms. The molecule has 1 rings (SSSR count). The van der Waals surface area contributed by atoms with Crippen LogP contribution in [-0.4, -0.2) is 16.5 Å². The van der Waals surface area contributed by atoms with E-state index in [0.717, 1.165) is 28.7 Å². The Morgan fingerprint density at radius 3 is 2.53 bits per heavy atom. The van der Waals surface area contributed by atoms with Crippen molar-refractivity contribution < 1.29 is 0 Å². The van der Waals surface area contributed by atoms with E-state index in [4.69, 9.17) is 0 Å². The van der Waals surface area contributed by atoms with Gasteiger partial charge >= 0.3 is 0 Å². The van der Waals surface area contributed by atoms with Gasteiger partial charge in [0.15, 0.2) is 0 Å². The third-order valence-corrected chi connectivity index (χ3v) is 2.94. The first-order chi connectivity index (χ1) is 7.15. The molecule has 0 unspecified atom stereocenters. The molecule has 0 saturated heterocycles. The van der Waals surface area contributed by atoms with E-state index < -0.39 is 0 Å². The molecule has 4 heteroatoms. The summed E-state index contributed by atoms with van der Waals surface area (Å²) in [6.45, 7) is 7.32. The van der Waals surface area contributed by atoms with E-state index >= 15 is 0 Å². The number of rotatable bonds is 5. The Balaban J connectivity index is 2.57. The molecule has 0 spiro atoms. The van der Waals surface area contributed by atoms with Crippen LogP contribution in [0.1, 0.15) is 32.5 Å². The average Bonchev–Trinajstić information content (AvgIpc) is 2.18. The Morgan fingerprint density at radius 2 is 2.00 bits per heavy atom. The normalized spacial score (nSPS) is 10.7. The molecule has 1 heterocycles. The smallest absolute Gasteiger partial charge is 0.130 e. The average molecular weight is 272 g/mol. The number of anilines is 1. The van der Waals surface area contributed by atoms with Gasteiger partial charge in [0.2, 0.25) is 0 Å². The quantitative estimate of drug-likeness (QED) is 0.835. The van der Waals surface area contributed by atoms with Gasteiger partial charge in [-0.3, -0.25) is 0 Å². The van der Waals surface area contributed by atoms with Gasteiger partial charge in [0.05, 0.1) is 0 Å². The first-order valence-corrected chi connectivity index (χ1v) is 6.20. The van der Waals surface area contributed by atoms with Crippen molar-refractivity contribution in [2.45, 2.75) is 33.6 Å². The summed E-state index contributed by atoms with van der Waals surface area (Å²) in [6, 6.07) is 1.91. The van der Waals surface area contributed by atoms with Gasteiger partial charge in [0.25, 0.3) is 0 Å². The molecule has 0 fully saturated rings. The highest BCUT2D eigenvalue weighted by molar-refractivity contribution is 9.10. The van der Waals surface area contributed by atoms with Crippen molar-refractivity contribution in [3.8, 4) is 0 Å². The van der Waals surface area contributed by atoms with Crippen LogP contribution in [-0.2, 0) is 0 Å². The van der Waals surface area contributed by atoms with Crippen molar-refractivity contribution in [2.24, 2.45) is 5.92 Å². The van der Waals surface area contributed by atoms with Crippen molar-refractivity contribution in [3.63, 3.8) is 0 Å². The third-order valence-electron chi connectivity index (χ3n) is 2.53. The molecule has 0 saturated carbocycles. The monoisotopic (exact) mass is 271 g/mol. The van der Waals surface area contributed by atoms with Crippen LogP contribution in [0.25, 0.3) is 0 Å². The van der Waals surface area contributed by atoms with Gasteiger partial charge in [-0.15, -0.1) is 0 Å². The molecule has 0 aliphatic rings. The summed E-state index contributed by atoms with van der Waals surface area (Å²) in [4.78, 5) is 8.49. The van der Waals surface area contributed by atoms with E-state index in [0.29, 0.717) is 0 Å². The molecule has 1 aromatic rings. The largest absolute Gasteiger partial charge is 0.370 e. The topological polar surface area (TPSA) is 37.8 Å². The second kappa shape index (κ2) is 6.05. The lowest BCUT2D eigenvalue weighted by molar-refractivity contribution is 0.518. The van der Waals surface area contributed by atoms with Crippen molar-refractivity contribution >= 4 is 21.7 Å². The van der Waals surface area contributed by atoms with Gasteiger partial charge in [-0.1, -0.05) is 26.7 Å². The van der Waals surface area contributed by atoms with Crippen LogP contribution in [0.5, 0.6) is 0 Å². The maximum Gasteiger partial charge on any atom is 0.130 e. The van der Waals surface area contributed by atoms with Gasteiger partial charge in [-0.05, 0) is 28.8 Å². The van der Waals surface area contributed by atoms with Gasteiger partial charge in [-0.2, -0.15) is 0 Å². The maximum absolute atomic E-state index is 4.32. The second-order valence-electron chi connectivity index (χ2n) is 3.69. The zero-order chi connectivity index (χ0) is 11.3. The highest BCUT2D eigenvalue weighted by atomic mass is 79.9. The Morgan fingerprint density at radius 1 is 1.33 bits per heavy atom. The molecule has 0 atom stereocenters. The van der Waals surface area contributed by atoms with E-state index in [9.17, 15) is 0 Å². The van der Waals surface area contributed by atoms with Crippen LogP contribution in [0.4, 0.5) is 5.82 Å². The molecule has 15 heavy (non-hydrogen) atoms. The number of halogens is 1. The van der Waals surface area contributed by atoms with Crippen LogP contribution < -0.4 is 5.32 Å². The number of hydrogen-bond donors (Lipinski definition) is 1. The number of nitrogens with zero attached hydrogens (tertiary/aromatic N) is 2. The molecule has 0 aliphatic carbocycles. The summed E-state index contributed by atoms with van der Waals surface area (Å²) in [5.74, 6) is 2.41. The Bertz CT molecular complexity index is 290. The van der Waals surface area contributed by atoms with E-state index in [1.54, 1.807) is 0 Å². The number of nitrogens with one attached hydrogen (secondary N) is 1. The van der Waals surface area contributed by atoms with Gasteiger partial charge in [0.1, 0.15) is 16.2 Å². The molecule has 84 valence electrons. The maximum atomic E-state index is 4.32. The molecule has 3 nitrogen and oxygen atoms in total. The first kappa shape index (κ1) is 12.4. The van der Waals surface area contributed by atoms with E-state index in [1.165, 1.54) is 12.8 Å². The summed E-state index contributed by atoms with van der Waals surface area (Å²) in [7, 11) is 0. The zero-order valence-corrected chi connectivity index (χ0v) is 11.1. The van der Waals surface area contributed by atoms with E-state index in [2.05, 4.69) is 45.1 Å². The predicted octanol–water partition coefficient (Wildman–Crippen LogP) is 3.40. The third kappa shape index (κ3) is 4.16. The van der Waals surface area contributed by atoms with Crippen molar-refractivity contribution in [3.05, 3.63) is 16.5 Å². The summed E-state index contributed by atoms with van der Waals surface area (Å²) >= 11 is 3.36. The standard InChI is InChI=1S/C11H18BrN3/c1-4-9(5-2)7-13-11-6-10(12)14-8(3)15-11/h6,9H,4-5,7H2,1-3H3,(H,13,14,15). The second-order valence-corrected chi connectivity index (χ2v) is 4.50. The molecular formula is C11H18BrN3. The highest BCUT2D eigenvalue weighted by Gasteiger charge is 2.04. The van der Waals surface area contributed by atoms with Crippen molar-refractivity contribution in [2.75, 3.05) is 11.9 Å². The molecule has 0 aliphatic heterocycles. The summed E-state index contributed by atoms with van der Waals surface area (Å²) < 4.78 is 0.835. The molecule has 1 aromatic heterocycles. The fourth-order valence-corrected chi connectivity index (χ4v) is 1.92. The minimum Gasteiger partial charge on any atom is -0.370 e. The molecular weight excluding hydrogens is 254 g/mol. The van der Waals surface area contributed by atoms with Crippen molar-refractivity contribution in [1.82, 2.24) is 9.97 Å². The van der Waals surface area contributed by atoms with Crippen LogP contribution in [0.2, 0.25) is 0 Å². The first-order valence-electron chi connectivity index (χ1n) is 5.40. The van der Waals surface area contributed by atoms with Crippen LogP contribution in [0.3, 0.4) is 0 Å². The molecule has 0 radical (unpaired) electrons. The number of hydrogen-bond acceptors (Lipinski definition) is 3. The minimum atomic E-state index is 0.721. The Labute approximate surface area is 99.8 Å². The Kier molecular flexibility index (Phi) is 5.02. The van der Waals surface area contributed by atoms with Gasteiger partial charge in [0, 0.05) is 12.6 Å². The SMILES string of the molecule is CCC(CC)CNc1cc(Br)nc(C)n1. The lowest BCUT2D eigenvalue weighted by Gasteiger charge is -2.13. The van der Waals surface area contributed by atoms with E-state index in [-0.39, 0.29) is 0 Å². The van der Waals surface area contributed by atoms with E-state index in [1.807, 2.05) is 13.0 Å². The van der Waals surface area contributed by atoms with Crippen LogP contribution in [0, 0.1) is 12.8 Å². The molecule has 0 amide bonds. The lowest BCUT2D eigenvalue weighted by Crippen LogP contribution is -2.14. The summed E-state index contributed by atoms with van der Waals surface area (Å²) in [6.07, 6.45) is 2.41. The molecule has 1 N–H and O–H groups in total. The van der Waals surface area contributed by atoms with Crippen molar-refractivity contribution in [1.29, 1.82) is 0 Å². The Hall–Kier alpha value is -0.640. The number of aryl methyl sites for hydroxylation is 1.